The number of amides is 1. The Bertz CT molecular complexity index is 639. The molecule has 0 radical (unpaired) electrons. The van der Waals surface area contributed by atoms with Crippen molar-refractivity contribution in [1.82, 2.24) is 5.43 Å². The van der Waals surface area contributed by atoms with Crippen molar-refractivity contribution in [3.63, 3.8) is 0 Å². The van der Waals surface area contributed by atoms with Crippen molar-refractivity contribution in [2.75, 3.05) is 6.61 Å². The topological polar surface area (TPSA) is 50.7 Å². The summed E-state index contributed by atoms with van der Waals surface area (Å²) >= 11 is 3.33. The molecule has 0 bridgehead atoms. The number of hydrazone groups is 1. The van der Waals surface area contributed by atoms with Crippen LogP contribution in [0.25, 0.3) is 0 Å². The zero-order valence-electron chi connectivity index (χ0n) is 11.5. The van der Waals surface area contributed by atoms with E-state index >= 15 is 0 Å². The number of carbonyl (C=O) groups excluding carboxylic acids is 1. The predicted octanol–water partition coefficient (Wildman–Crippen LogP) is 3.61. The van der Waals surface area contributed by atoms with Gasteiger partial charge in [-0.05, 0) is 64.8 Å². The number of benzene rings is 2. The summed E-state index contributed by atoms with van der Waals surface area (Å²) in [5, 5.41) is 3.95. The van der Waals surface area contributed by atoms with Crippen molar-refractivity contribution in [2.45, 2.75) is 6.92 Å². The number of nitrogens with zero attached hydrogens (tertiary/aromatic N) is 1. The van der Waals surface area contributed by atoms with E-state index in [2.05, 4.69) is 26.5 Å². The maximum absolute atomic E-state index is 11.9. The van der Waals surface area contributed by atoms with Gasteiger partial charge in [-0.1, -0.05) is 12.1 Å². The summed E-state index contributed by atoms with van der Waals surface area (Å²) < 4.78 is 6.09. The maximum atomic E-state index is 11.9. The Labute approximate surface area is 132 Å². The summed E-state index contributed by atoms with van der Waals surface area (Å²) in [7, 11) is 0. The van der Waals surface area contributed by atoms with Gasteiger partial charge in [-0.25, -0.2) is 5.43 Å². The minimum atomic E-state index is -0.260. The van der Waals surface area contributed by atoms with Crippen LogP contribution in [0, 0.1) is 0 Å². The van der Waals surface area contributed by atoms with Crippen molar-refractivity contribution >= 4 is 28.1 Å². The standard InChI is InChI=1S/C16H15BrN2O2/c1-2-21-13-9-7-12(8-10-13)11-18-19-16(20)14-5-3-4-6-15(14)17/h3-11H,2H2,1H3,(H,19,20)/b18-11+. The molecule has 2 aromatic rings. The van der Waals surface area contributed by atoms with E-state index < -0.39 is 0 Å². The fourth-order valence-corrected chi connectivity index (χ4v) is 2.15. The second-order valence-corrected chi connectivity index (χ2v) is 5.04. The van der Waals surface area contributed by atoms with E-state index in [1.165, 1.54) is 0 Å². The lowest BCUT2D eigenvalue weighted by molar-refractivity contribution is 0.0954. The zero-order chi connectivity index (χ0) is 15.1. The fourth-order valence-electron chi connectivity index (χ4n) is 1.69. The van der Waals surface area contributed by atoms with Gasteiger partial charge in [0.1, 0.15) is 5.75 Å². The van der Waals surface area contributed by atoms with Crippen LogP contribution in [-0.4, -0.2) is 18.7 Å². The van der Waals surface area contributed by atoms with Gasteiger partial charge in [0.15, 0.2) is 0 Å². The van der Waals surface area contributed by atoms with E-state index in [1.807, 2.05) is 43.3 Å². The van der Waals surface area contributed by atoms with Crippen LogP contribution >= 0.6 is 15.9 Å². The van der Waals surface area contributed by atoms with Crippen molar-refractivity contribution in [3.8, 4) is 5.75 Å². The van der Waals surface area contributed by atoms with Crippen LogP contribution in [-0.2, 0) is 0 Å². The second kappa shape index (κ2) is 7.59. The molecule has 1 N–H and O–H groups in total. The normalized spacial score (nSPS) is 10.6. The molecule has 0 atom stereocenters. The van der Waals surface area contributed by atoms with Gasteiger partial charge in [0.05, 0.1) is 18.4 Å². The largest absolute Gasteiger partial charge is 0.494 e. The van der Waals surface area contributed by atoms with Crippen LogP contribution in [0.4, 0.5) is 0 Å². The highest BCUT2D eigenvalue weighted by Crippen LogP contribution is 2.15. The lowest BCUT2D eigenvalue weighted by Gasteiger charge is -2.03. The van der Waals surface area contributed by atoms with E-state index in [0.29, 0.717) is 12.2 Å². The first-order chi connectivity index (χ1) is 10.2. The molecule has 108 valence electrons. The summed E-state index contributed by atoms with van der Waals surface area (Å²) in [6, 6.07) is 14.7. The number of halogens is 1. The number of hydrogen-bond acceptors (Lipinski definition) is 3. The molecule has 21 heavy (non-hydrogen) atoms. The molecule has 0 fully saturated rings. The quantitative estimate of drug-likeness (QED) is 0.664. The lowest BCUT2D eigenvalue weighted by Crippen LogP contribution is -2.18. The molecule has 2 rings (SSSR count). The summed E-state index contributed by atoms with van der Waals surface area (Å²) in [4.78, 5) is 11.9. The van der Waals surface area contributed by atoms with Crippen molar-refractivity contribution < 1.29 is 9.53 Å². The summed E-state index contributed by atoms with van der Waals surface area (Å²) in [5.74, 6) is 0.552. The highest BCUT2D eigenvalue weighted by Gasteiger charge is 2.07. The van der Waals surface area contributed by atoms with Crippen molar-refractivity contribution in [1.29, 1.82) is 0 Å². The molecule has 0 heterocycles. The molecule has 0 aliphatic heterocycles. The SMILES string of the molecule is CCOc1ccc(/C=N/NC(=O)c2ccccc2Br)cc1. The van der Waals surface area contributed by atoms with Crippen molar-refractivity contribution in [3.05, 3.63) is 64.1 Å². The Kier molecular flexibility index (Phi) is 5.51. The third-order valence-corrected chi connectivity index (χ3v) is 3.38. The Balaban J connectivity index is 1.96. The maximum Gasteiger partial charge on any atom is 0.272 e. The first-order valence-corrected chi connectivity index (χ1v) is 7.31. The monoisotopic (exact) mass is 346 g/mol. The number of nitrogens with one attached hydrogen (secondary N) is 1. The second-order valence-electron chi connectivity index (χ2n) is 4.18. The zero-order valence-corrected chi connectivity index (χ0v) is 13.1. The van der Waals surface area contributed by atoms with E-state index in [0.717, 1.165) is 15.8 Å². The van der Waals surface area contributed by atoms with Gasteiger partial charge in [0.25, 0.3) is 5.91 Å². The molecule has 0 saturated heterocycles. The number of hydrogen-bond donors (Lipinski definition) is 1. The van der Waals surface area contributed by atoms with Crippen molar-refractivity contribution in [2.24, 2.45) is 5.10 Å². The van der Waals surface area contributed by atoms with Gasteiger partial charge in [-0.3, -0.25) is 4.79 Å². The summed E-state index contributed by atoms with van der Waals surface area (Å²) in [6.45, 7) is 2.57. The average molecular weight is 347 g/mol. The molecule has 5 heteroatoms. The molecule has 1 amide bonds. The number of carbonyl (C=O) groups is 1. The molecule has 0 aliphatic carbocycles. The molecule has 0 saturated carbocycles. The summed E-state index contributed by atoms with van der Waals surface area (Å²) in [5.41, 5.74) is 3.92. The molecule has 0 aromatic heterocycles. The highest BCUT2D eigenvalue weighted by atomic mass is 79.9. The molecule has 2 aromatic carbocycles. The Morgan fingerprint density at radius 3 is 2.62 bits per heavy atom. The van der Waals surface area contributed by atoms with Crippen LogP contribution in [0.2, 0.25) is 0 Å². The highest BCUT2D eigenvalue weighted by molar-refractivity contribution is 9.10. The predicted molar refractivity (Wildman–Crippen MR) is 86.8 cm³/mol. The molecular weight excluding hydrogens is 332 g/mol. The number of rotatable bonds is 5. The molecule has 0 unspecified atom stereocenters. The third-order valence-electron chi connectivity index (χ3n) is 2.69. The van der Waals surface area contributed by atoms with Gasteiger partial charge < -0.3 is 4.74 Å². The van der Waals surface area contributed by atoms with Gasteiger partial charge in [-0.15, -0.1) is 0 Å². The van der Waals surface area contributed by atoms with E-state index in [9.17, 15) is 4.79 Å². The Morgan fingerprint density at radius 2 is 1.95 bits per heavy atom. The van der Waals surface area contributed by atoms with E-state index in [1.54, 1.807) is 18.3 Å². The van der Waals surface area contributed by atoms with Gasteiger partial charge in [0, 0.05) is 4.47 Å². The van der Waals surface area contributed by atoms with Gasteiger partial charge >= 0.3 is 0 Å². The fraction of sp³-hybridized carbons (Fsp3) is 0.125. The number of ether oxygens (including phenoxy) is 1. The first kappa shape index (κ1) is 15.3. The average Bonchev–Trinajstić information content (AvgIpc) is 2.49. The smallest absolute Gasteiger partial charge is 0.272 e. The van der Waals surface area contributed by atoms with Crippen LogP contribution in [0.1, 0.15) is 22.8 Å². The van der Waals surface area contributed by atoms with Crippen LogP contribution < -0.4 is 10.2 Å². The minimum Gasteiger partial charge on any atom is -0.494 e. The Hall–Kier alpha value is -2.14. The van der Waals surface area contributed by atoms with Gasteiger partial charge in [0.2, 0.25) is 0 Å². The lowest BCUT2D eigenvalue weighted by atomic mass is 10.2. The van der Waals surface area contributed by atoms with E-state index in [-0.39, 0.29) is 5.91 Å². The minimum absolute atomic E-state index is 0.260. The summed E-state index contributed by atoms with van der Waals surface area (Å²) in [6.07, 6.45) is 1.59. The van der Waals surface area contributed by atoms with E-state index in [4.69, 9.17) is 4.74 Å². The van der Waals surface area contributed by atoms with Crippen LogP contribution in [0.15, 0.2) is 58.1 Å². The first-order valence-electron chi connectivity index (χ1n) is 6.51. The third kappa shape index (κ3) is 4.43. The molecule has 4 nitrogen and oxygen atoms in total. The molecule has 0 spiro atoms. The van der Waals surface area contributed by atoms with Crippen LogP contribution in [0.5, 0.6) is 5.75 Å². The molecule has 0 aliphatic rings. The van der Waals surface area contributed by atoms with Crippen LogP contribution in [0.3, 0.4) is 0 Å². The molecular formula is C16H15BrN2O2. The Morgan fingerprint density at radius 1 is 1.24 bits per heavy atom. The van der Waals surface area contributed by atoms with Gasteiger partial charge in [-0.2, -0.15) is 5.10 Å².